The first-order chi connectivity index (χ1) is 7.30. The summed E-state index contributed by atoms with van der Waals surface area (Å²) in [6.45, 7) is 1.23. The molecule has 1 aromatic heterocycles. The highest BCUT2D eigenvalue weighted by molar-refractivity contribution is 6.07. The van der Waals surface area contributed by atoms with Gasteiger partial charge in [-0.2, -0.15) is 13.2 Å². The van der Waals surface area contributed by atoms with E-state index in [1.807, 2.05) is 0 Å². The van der Waals surface area contributed by atoms with Crippen molar-refractivity contribution in [2.75, 3.05) is 0 Å². The Morgan fingerprint density at radius 2 is 1.94 bits per heavy atom. The largest absolute Gasteiger partial charge is 0.433 e. The summed E-state index contributed by atoms with van der Waals surface area (Å²) in [6.07, 6.45) is -4.02. The molecule has 0 aliphatic heterocycles. The van der Waals surface area contributed by atoms with E-state index >= 15 is 0 Å². The van der Waals surface area contributed by atoms with Crippen molar-refractivity contribution in [3.05, 3.63) is 29.6 Å². The molecule has 1 rings (SSSR count). The molecule has 0 saturated carbocycles. The maximum absolute atomic E-state index is 12.1. The van der Waals surface area contributed by atoms with Crippen molar-refractivity contribution in [2.24, 2.45) is 0 Å². The van der Waals surface area contributed by atoms with Crippen molar-refractivity contribution in [3.63, 3.8) is 0 Å². The summed E-state index contributed by atoms with van der Waals surface area (Å²) < 4.78 is 36.4. The zero-order valence-electron chi connectivity index (χ0n) is 8.34. The average Bonchev–Trinajstić information content (AvgIpc) is 2.15. The fraction of sp³-hybridized carbons (Fsp3) is 0.300. The summed E-state index contributed by atoms with van der Waals surface area (Å²) in [5.41, 5.74) is -1.06. The van der Waals surface area contributed by atoms with Crippen LogP contribution in [0, 0.1) is 0 Å². The molecule has 1 aromatic rings. The molecule has 0 aliphatic carbocycles. The van der Waals surface area contributed by atoms with Gasteiger partial charge in [-0.25, -0.2) is 0 Å². The predicted octanol–water partition coefficient (Wildman–Crippen LogP) is 2.26. The topological polar surface area (TPSA) is 47.0 Å². The lowest BCUT2D eigenvalue weighted by atomic mass is 10.1. The fourth-order valence-corrected chi connectivity index (χ4v) is 1.05. The second-order valence-electron chi connectivity index (χ2n) is 3.23. The molecule has 0 radical (unpaired) electrons. The normalized spacial score (nSPS) is 11.2. The van der Waals surface area contributed by atoms with E-state index in [-0.39, 0.29) is 17.8 Å². The van der Waals surface area contributed by atoms with Gasteiger partial charge in [-0.15, -0.1) is 0 Å². The van der Waals surface area contributed by atoms with Gasteiger partial charge in [-0.1, -0.05) is 0 Å². The SMILES string of the molecule is CC(=O)CC(=O)c1ccc(C(F)(F)F)nc1. The molecule has 0 spiro atoms. The summed E-state index contributed by atoms with van der Waals surface area (Å²) in [5.74, 6) is -0.876. The minimum Gasteiger partial charge on any atom is -0.300 e. The van der Waals surface area contributed by atoms with Crippen molar-refractivity contribution >= 4 is 11.6 Å². The molecule has 0 aromatic carbocycles. The number of rotatable bonds is 3. The van der Waals surface area contributed by atoms with E-state index in [2.05, 4.69) is 4.98 Å². The molecular formula is C10H8F3NO2. The molecule has 0 aliphatic rings. The lowest BCUT2D eigenvalue weighted by Crippen LogP contribution is -2.10. The van der Waals surface area contributed by atoms with Crippen LogP contribution in [-0.4, -0.2) is 16.6 Å². The summed E-state index contributed by atoms with van der Waals surface area (Å²) in [6, 6.07) is 1.73. The van der Waals surface area contributed by atoms with Gasteiger partial charge in [-0.05, 0) is 19.1 Å². The highest BCUT2D eigenvalue weighted by Crippen LogP contribution is 2.27. The molecule has 3 nitrogen and oxygen atoms in total. The van der Waals surface area contributed by atoms with E-state index in [1.54, 1.807) is 0 Å². The number of aromatic nitrogens is 1. The van der Waals surface area contributed by atoms with Crippen LogP contribution >= 0.6 is 0 Å². The zero-order chi connectivity index (χ0) is 12.3. The van der Waals surface area contributed by atoms with E-state index in [0.29, 0.717) is 6.07 Å². The van der Waals surface area contributed by atoms with Crippen LogP contribution in [0.5, 0.6) is 0 Å². The number of hydrogen-bond acceptors (Lipinski definition) is 3. The van der Waals surface area contributed by atoms with Crippen molar-refractivity contribution in [3.8, 4) is 0 Å². The van der Waals surface area contributed by atoms with E-state index in [1.165, 1.54) is 6.92 Å². The number of carbonyl (C=O) groups excluding carboxylic acids is 2. The number of pyridine rings is 1. The van der Waals surface area contributed by atoms with Gasteiger partial charge in [0.1, 0.15) is 11.5 Å². The third-order valence-corrected chi connectivity index (χ3v) is 1.79. The molecule has 86 valence electrons. The smallest absolute Gasteiger partial charge is 0.300 e. The van der Waals surface area contributed by atoms with Gasteiger partial charge in [0.2, 0.25) is 0 Å². The van der Waals surface area contributed by atoms with Gasteiger partial charge in [0, 0.05) is 11.8 Å². The van der Waals surface area contributed by atoms with Crippen molar-refractivity contribution < 1.29 is 22.8 Å². The first-order valence-corrected chi connectivity index (χ1v) is 4.36. The maximum Gasteiger partial charge on any atom is 0.433 e. The highest BCUT2D eigenvalue weighted by atomic mass is 19.4. The zero-order valence-corrected chi connectivity index (χ0v) is 8.34. The standard InChI is InChI=1S/C10H8F3NO2/c1-6(15)4-8(16)7-2-3-9(14-5-7)10(11,12)13/h2-3,5H,4H2,1H3. The lowest BCUT2D eigenvalue weighted by molar-refractivity contribution is -0.141. The third-order valence-electron chi connectivity index (χ3n) is 1.79. The molecule has 0 N–H and O–H groups in total. The number of hydrogen-bond donors (Lipinski definition) is 0. The minimum atomic E-state index is -4.53. The van der Waals surface area contributed by atoms with E-state index in [9.17, 15) is 22.8 Å². The number of alkyl halides is 3. The molecule has 0 bridgehead atoms. The van der Waals surface area contributed by atoms with E-state index in [4.69, 9.17) is 0 Å². The number of halogens is 3. The van der Waals surface area contributed by atoms with Crippen LogP contribution in [0.15, 0.2) is 18.3 Å². The molecule has 1 heterocycles. The number of nitrogens with zero attached hydrogens (tertiary/aromatic N) is 1. The lowest BCUT2D eigenvalue weighted by Gasteiger charge is -2.05. The Bertz CT molecular complexity index is 409. The van der Waals surface area contributed by atoms with Gasteiger partial charge in [0.15, 0.2) is 5.78 Å². The van der Waals surface area contributed by atoms with Crippen LogP contribution in [0.3, 0.4) is 0 Å². The Morgan fingerprint density at radius 3 is 2.31 bits per heavy atom. The van der Waals surface area contributed by atoms with Gasteiger partial charge in [0.25, 0.3) is 0 Å². The van der Waals surface area contributed by atoms with Gasteiger partial charge in [-0.3, -0.25) is 14.6 Å². The Kier molecular flexibility index (Phi) is 3.41. The number of ketones is 2. The molecule has 0 fully saturated rings. The molecule has 16 heavy (non-hydrogen) atoms. The van der Waals surface area contributed by atoms with Crippen molar-refractivity contribution in [1.82, 2.24) is 4.98 Å². The second-order valence-corrected chi connectivity index (χ2v) is 3.23. The Hall–Kier alpha value is -1.72. The minimum absolute atomic E-state index is 0.00296. The Labute approximate surface area is 89.3 Å². The van der Waals surface area contributed by atoms with Crippen LogP contribution in [0.25, 0.3) is 0 Å². The van der Waals surface area contributed by atoms with E-state index in [0.717, 1.165) is 12.3 Å². The summed E-state index contributed by atoms with van der Waals surface area (Å²) in [4.78, 5) is 25.0. The summed E-state index contributed by atoms with van der Waals surface area (Å²) in [7, 11) is 0. The molecule has 6 heteroatoms. The van der Waals surface area contributed by atoms with Gasteiger partial charge in [0.05, 0.1) is 6.42 Å². The molecular weight excluding hydrogens is 223 g/mol. The summed E-state index contributed by atoms with van der Waals surface area (Å²) >= 11 is 0. The third kappa shape index (κ3) is 3.15. The second kappa shape index (κ2) is 4.42. The number of carbonyl (C=O) groups is 2. The van der Waals surface area contributed by atoms with Crippen LogP contribution in [0.2, 0.25) is 0 Å². The summed E-state index contributed by atoms with van der Waals surface area (Å²) in [5, 5.41) is 0. The van der Waals surface area contributed by atoms with Crippen LogP contribution < -0.4 is 0 Å². The first kappa shape index (κ1) is 12.4. The first-order valence-electron chi connectivity index (χ1n) is 4.36. The van der Waals surface area contributed by atoms with Crippen LogP contribution in [-0.2, 0) is 11.0 Å². The predicted molar refractivity (Wildman–Crippen MR) is 48.9 cm³/mol. The van der Waals surface area contributed by atoms with Crippen LogP contribution in [0.1, 0.15) is 29.4 Å². The fourth-order valence-electron chi connectivity index (χ4n) is 1.05. The van der Waals surface area contributed by atoms with E-state index < -0.39 is 17.7 Å². The monoisotopic (exact) mass is 231 g/mol. The molecule has 0 atom stereocenters. The van der Waals surface area contributed by atoms with Crippen LogP contribution in [0.4, 0.5) is 13.2 Å². The quantitative estimate of drug-likeness (QED) is 0.592. The highest BCUT2D eigenvalue weighted by Gasteiger charge is 2.32. The van der Waals surface area contributed by atoms with Gasteiger partial charge < -0.3 is 0 Å². The maximum atomic E-state index is 12.1. The number of Topliss-reactive ketones (excluding diaryl/α,β-unsaturated/α-hetero) is 2. The Balaban J connectivity index is 2.87. The molecule has 0 unspecified atom stereocenters. The van der Waals surface area contributed by atoms with Crippen molar-refractivity contribution in [1.29, 1.82) is 0 Å². The van der Waals surface area contributed by atoms with Gasteiger partial charge >= 0.3 is 6.18 Å². The average molecular weight is 231 g/mol. The molecule has 0 amide bonds. The molecule has 0 saturated heterocycles. The Morgan fingerprint density at radius 1 is 1.31 bits per heavy atom. The van der Waals surface area contributed by atoms with Crippen molar-refractivity contribution in [2.45, 2.75) is 19.5 Å².